The molecule has 2 aliphatic rings. The Labute approximate surface area is 204 Å². The van der Waals surface area contributed by atoms with Gasteiger partial charge < -0.3 is 19.9 Å². The van der Waals surface area contributed by atoms with Crippen molar-refractivity contribution in [3.05, 3.63) is 29.6 Å². The molecule has 0 aromatic heterocycles. The summed E-state index contributed by atoms with van der Waals surface area (Å²) in [6, 6.07) is 3.68. The molecule has 2 saturated heterocycles. The zero-order valence-corrected chi connectivity index (χ0v) is 20.7. The number of ether oxygens (including phenoxy) is 1. The summed E-state index contributed by atoms with van der Waals surface area (Å²) in [6.45, 7) is 3.25. The number of carbonyl (C=O) groups excluding carboxylic acids is 1. The van der Waals surface area contributed by atoms with Crippen LogP contribution in [0.4, 0.5) is 13.2 Å². The Morgan fingerprint density at radius 1 is 1.12 bits per heavy atom. The van der Waals surface area contributed by atoms with Crippen molar-refractivity contribution in [3.63, 3.8) is 0 Å². The molecule has 2 fully saturated rings. The standard InChI is InChI=1S/C21H30F3N5O2.HI/c1-15(19(30)28-8-3-4-9-28)27-10-12-29(13-11-27)21(25-2)26-14-16-17(22)6-5-7-18(16)31-20(23)24;/h5-7,15,20H,3-4,8-14H2,1-2H3,(H,25,26);1H. The van der Waals surface area contributed by atoms with Crippen LogP contribution in [-0.2, 0) is 11.3 Å². The highest BCUT2D eigenvalue weighted by Gasteiger charge is 2.30. The zero-order valence-electron chi connectivity index (χ0n) is 18.4. The molecule has 1 aromatic carbocycles. The van der Waals surface area contributed by atoms with Crippen LogP contribution in [0, 0.1) is 5.82 Å². The monoisotopic (exact) mass is 569 g/mol. The molecule has 0 radical (unpaired) electrons. The van der Waals surface area contributed by atoms with E-state index in [9.17, 15) is 18.0 Å². The van der Waals surface area contributed by atoms with Crippen molar-refractivity contribution < 1.29 is 22.7 Å². The van der Waals surface area contributed by atoms with Crippen LogP contribution in [0.3, 0.4) is 0 Å². The van der Waals surface area contributed by atoms with E-state index in [1.165, 1.54) is 18.2 Å². The average Bonchev–Trinajstić information content (AvgIpc) is 3.30. The molecule has 2 aliphatic heterocycles. The van der Waals surface area contributed by atoms with Crippen LogP contribution in [0.1, 0.15) is 25.3 Å². The van der Waals surface area contributed by atoms with E-state index in [1.54, 1.807) is 7.05 Å². The molecule has 1 unspecified atom stereocenters. The number of amides is 1. The first kappa shape index (κ1) is 26.5. The molecule has 1 amide bonds. The topological polar surface area (TPSA) is 60.4 Å². The van der Waals surface area contributed by atoms with Crippen LogP contribution in [0.2, 0.25) is 0 Å². The highest BCUT2D eigenvalue weighted by Crippen LogP contribution is 2.23. The molecule has 3 rings (SSSR count). The maximum Gasteiger partial charge on any atom is 0.387 e. The molecule has 0 bridgehead atoms. The van der Waals surface area contributed by atoms with E-state index >= 15 is 0 Å². The predicted molar refractivity (Wildman–Crippen MR) is 127 cm³/mol. The van der Waals surface area contributed by atoms with E-state index in [0.29, 0.717) is 32.1 Å². The SMILES string of the molecule is CN=C(NCc1c(F)cccc1OC(F)F)N1CCN(C(C)C(=O)N2CCCC2)CC1.I. The van der Waals surface area contributed by atoms with Crippen LogP contribution in [0.25, 0.3) is 0 Å². The van der Waals surface area contributed by atoms with Crippen molar-refractivity contribution in [3.8, 4) is 5.75 Å². The first-order chi connectivity index (χ1) is 14.9. The van der Waals surface area contributed by atoms with Gasteiger partial charge in [0.05, 0.1) is 6.04 Å². The summed E-state index contributed by atoms with van der Waals surface area (Å²) in [6.07, 6.45) is 2.14. The molecule has 11 heteroatoms. The van der Waals surface area contributed by atoms with Crippen LogP contribution in [0.5, 0.6) is 5.75 Å². The summed E-state index contributed by atoms with van der Waals surface area (Å²) in [7, 11) is 1.62. The van der Waals surface area contributed by atoms with E-state index < -0.39 is 12.4 Å². The number of benzene rings is 1. The van der Waals surface area contributed by atoms with E-state index in [4.69, 9.17) is 0 Å². The lowest BCUT2D eigenvalue weighted by Gasteiger charge is -2.39. The fourth-order valence-electron chi connectivity index (χ4n) is 4.10. The molecular weight excluding hydrogens is 538 g/mol. The third-order valence-corrected chi connectivity index (χ3v) is 5.86. The smallest absolute Gasteiger partial charge is 0.387 e. The number of nitrogens with one attached hydrogen (secondary N) is 1. The fraction of sp³-hybridized carbons (Fsp3) is 0.619. The molecular formula is C21H31F3IN5O2. The zero-order chi connectivity index (χ0) is 22.4. The summed E-state index contributed by atoms with van der Waals surface area (Å²) >= 11 is 0. The first-order valence-electron chi connectivity index (χ1n) is 10.6. The number of nitrogens with zero attached hydrogens (tertiary/aromatic N) is 4. The van der Waals surface area contributed by atoms with E-state index in [1.807, 2.05) is 16.7 Å². The summed E-state index contributed by atoms with van der Waals surface area (Å²) in [5, 5.41) is 3.04. The molecule has 180 valence electrons. The number of alkyl halides is 2. The predicted octanol–water partition coefficient (Wildman–Crippen LogP) is 2.75. The molecule has 7 nitrogen and oxygen atoms in total. The Balaban J connectivity index is 0.00000363. The van der Waals surface area contributed by atoms with Crippen LogP contribution in [-0.4, -0.2) is 85.5 Å². The lowest BCUT2D eigenvalue weighted by Crippen LogP contribution is -2.57. The van der Waals surface area contributed by atoms with Crippen molar-refractivity contribution in [2.75, 3.05) is 46.3 Å². The molecule has 1 atom stereocenters. The summed E-state index contributed by atoms with van der Waals surface area (Å²) < 4.78 is 43.8. The van der Waals surface area contributed by atoms with Crippen LogP contribution in [0.15, 0.2) is 23.2 Å². The number of hydrogen-bond donors (Lipinski definition) is 1. The maximum absolute atomic E-state index is 14.2. The number of piperazine rings is 1. The molecule has 0 saturated carbocycles. The lowest BCUT2D eigenvalue weighted by molar-refractivity contribution is -0.135. The normalized spacial score (nSPS) is 18.5. The highest BCUT2D eigenvalue weighted by molar-refractivity contribution is 14.0. The van der Waals surface area contributed by atoms with Crippen molar-refractivity contribution in [2.24, 2.45) is 4.99 Å². The van der Waals surface area contributed by atoms with Crippen LogP contribution >= 0.6 is 24.0 Å². The molecule has 0 aliphatic carbocycles. The number of carbonyl (C=O) groups is 1. The number of halogens is 4. The van der Waals surface area contributed by atoms with Gasteiger partial charge in [0.25, 0.3) is 0 Å². The summed E-state index contributed by atoms with van der Waals surface area (Å²) in [5.41, 5.74) is 0.0208. The third-order valence-electron chi connectivity index (χ3n) is 5.86. The maximum atomic E-state index is 14.2. The van der Waals surface area contributed by atoms with Gasteiger partial charge in [-0.05, 0) is 31.9 Å². The largest absolute Gasteiger partial charge is 0.434 e. The van der Waals surface area contributed by atoms with Gasteiger partial charge >= 0.3 is 6.61 Å². The third kappa shape index (κ3) is 6.63. The Morgan fingerprint density at radius 2 is 1.78 bits per heavy atom. The van der Waals surface area contributed by atoms with E-state index in [0.717, 1.165) is 25.9 Å². The van der Waals surface area contributed by atoms with Gasteiger partial charge in [-0.2, -0.15) is 8.78 Å². The van der Waals surface area contributed by atoms with Crippen molar-refractivity contribution in [1.29, 1.82) is 0 Å². The van der Waals surface area contributed by atoms with Gasteiger partial charge in [0.2, 0.25) is 5.91 Å². The van der Waals surface area contributed by atoms with Gasteiger partial charge in [-0.15, -0.1) is 24.0 Å². The Bertz CT molecular complexity index is 785. The van der Waals surface area contributed by atoms with E-state index in [-0.39, 0.29) is 53.8 Å². The van der Waals surface area contributed by atoms with Gasteiger partial charge in [-0.25, -0.2) is 4.39 Å². The fourth-order valence-corrected chi connectivity index (χ4v) is 4.10. The first-order valence-corrected chi connectivity index (χ1v) is 10.6. The number of rotatable bonds is 6. The second-order valence-corrected chi connectivity index (χ2v) is 7.73. The highest BCUT2D eigenvalue weighted by atomic mass is 127. The minimum absolute atomic E-state index is 0. The van der Waals surface area contributed by atoms with Gasteiger partial charge in [-0.3, -0.25) is 14.7 Å². The molecule has 1 aromatic rings. The van der Waals surface area contributed by atoms with Gasteiger partial charge in [0.1, 0.15) is 11.6 Å². The molecule has 1 N–H and O–H groups in total. The Hall–Kier alpha value is -1.76. The minimum atomic E-state index is -3.03. The second-order valence-electron chi connectivity index (χ2n) is 7.73. The number of hydrogen-bond acceptors (Lipinski definition) is 4. The van der Waals surface area contributed by atoms with Gasteiger partial charge in [0.15, 0.2) is 5.96 Å². The Morgan fingerprint density at radius 3 is 2.38 bits per heavy atom. The molecule has 0 spiro atoms. The minimum Gasteiger partial charge on any atom is -0.434 e. The lowest BCUT2D eigenvalue weighted by atomic mass is 10.2. The molecule has 32 heavy (non-hydrogen) atoms. The number of likely N-dealkylation sites (tertiary alicyclic amines) is 1. The number of guanidine groups is 1. The van der Waals surface area contributed by atoms with E-state index in [2.05, 4.69) is 19.9 Å². The number of aliphatic imine (C=N–C) groups is 1. The average molecular weight is 569 g/mol. The van der Waals surface area contributed by atoms with Crippen molar-refractivity contribution in [2.45, 2.75) is 39.0 Å². The summed E-state index contributed by atoms with van der Waals surface area (Å²) in [4.78, 5) is 23.0. The Kier molecular flexibility index (Phi) is 10.3. The second kappa shape index (κ2) is 12.5. The summed E-state index contributed by atoms with van der Waals surface area (Å²) in [5.74, 6) is -0.0961. The molecule has 2 heterocycles. The van der Waals surface area contributed by atoms with Gasteiger partial charge in [0, 0.05) is 58.4 Å². The van der Waals surface area contributed by atoms with Gasteiger partial charge in [-0.1, -0.05) is 6.07 Å². The van der Waals surface area contributed by atoms with Crippen molar-refractivity contribution in [1.82, 2.24) is 20.0 Å². The quantitative estimate of drug-likeness (QED) is 0.325. The van der Waals surface area contributed by atoms with Crippen molar-refractivity contribution >= 4 is 35.8 Å². The van der Waals surface area contributed by atoms with Crippen LogP contribution < -0.4 is 10.1 Å².